The van der Waals surface area contributed by atoms with E-state index in [4.69, 9.17) is 5.21 Å². The van der Waals surface area contributed by atoms with E-state index in [-0.39, 0.29) is 18.7 Å². The molecule has 15 heavy (non-hydrogen) atoms. The van der Waals surface area contributed by atoms with Crippen LogP contribution in [0.3, 0.4) is 0 Å². The average molecular weight is 209 g/mol. The fourth-order valence-electron chi connectivity index (χ4n) is 0.962. The number of carbonyl (C=O) groups excluding carboxylic acids is 1. The monoisotopic (exact) mass is 209 g/mol. The number of aromatic nitrogens is 2. The van der Waals surface area contributed by atoms with Gasteiger partial charge in [-0.1, -0.05) is 5.16 Å². The molecule has 0 atom stereocenters. The summed E-state index contributed by atoms with van der Waals surface area (Å²) < 4.78 is 4.69. The first-order valence-electron chi connectivity index (χ1n) is 4.42. The van der Waals surface area contributed by atoms with Crippen molar-refractivity contribution in [2.75, 3.05) is 6.61 Å². The molecule has 1 aromatic rings. The first-order valence-corrected chi connectivity index (χ1v) is 4.42. The number of ether oxygens (including phenoxy) is 1. The van der Waals surface area contributed by atoms with E-state index in [0.29, 0.717) is 5.69 Å². The van der Waals surface area contributed by atoms with Crippen molar-refractivity contribution >= 4 is 11.7 Å². The van der Waals surface area contributed by atoms with E-state index >= 15 is 0 Å². The number of hydrogen-bond acceptors (Lipinski definition) is 6. The maximum Gasteiger partial charge on any atom is 0.356 e. The Labute approximate surface area is 86.6 Å². The van der Waals surface area contributed by atoms with Crippen molar-refractivity contribution in [1.82, 2.24) is 10.2 Å². The van der Waals surface area contributed by atoms with Gasteiger partial charge in [0.2, 0.25) is 0 Å². The second-order valence-electron chi connectivity index (χ2n) is 2.66. The zero-order valence-corrected chi connectivity index (χ0v) is 8.25. The third-order valence-corrected chi connectivity index (χ3v) is 1.61. The molecule has 0 amide bonds. The standard InChI is InChI=1S/C9H11N3O3/c1-2-15-9(13)8(12-14)6-7-4-3-5-10-11-7/h3-5,14H,2,6H2,1H3/b12-8+. The van der Waals surface area contributed by atoms with Gasteiger partial charge in [-0.25, -0.2) is 4.79 Å². The Bertz CT molecular complexity index is 351. The SMILES string of the molecule is CCOC(=O)/C(Cc1cccnn1)=N/O. The number of oxime groups is 1. The van der Waals surface area contributed by atoms with Crippen LogP contribution in [-0.4, -0.2) is 33.7 Å². The van der Waals surface area contributed by atoms with Gasteiger partial charge in [-0.2, -0.15) is 10.2 Å². The van der Waals surface area contributed by atoms with Gasteiger partial charge in [0.05, 0.1) is 12.3 Å². The summed E-state index contributed by atoms with van der Waals surface area (Å²) in [4.78, 5) is 11.2. The van der Waals surface area contributed by atoms with Crippen LogP contribution in [0.1, 0.15) is 12.6 Å². The van der Waals surface area contributed by atoms with Gasteiger partial charge in [0.15, 0.2) is 5.71 Å². The molecule has 0 unspecified atom stereocenters. The Hall–Kier alpha value is -1.98. The van der Waals surface area contributed by atoms with Crippen molar-refractivity contribution < 1.29 is 14.7 Å². The summed E-state index contributed by atoms with van der Waals surface area (Å²) in [5.41, 5.74) is 0.454. The summed E-state index contributed by atoms with van der Waals surface area (Å²) in [5.74, 6) is -0.648. The average Bonchev–Trinajstić information content (AvgIpc) is 2.27. The molecule has 0 bridgehead atoms. The van der Waals surface area contributed by atoms with Gasteiger partial charge in [0, 0.05) is 12.6 Å². The minimum Gasteiger partial charge on any atom is -0.461 e. The minimum absolute atomic E-state index is 0.0858. The van der Waals surface area contributed by atoms with Gasteiger partial charge < -0.3 is 9.94 Å². The molecule has 1 aromatic heterocycles. The topological polar surface area (TPSA) is 84.7 Å². The molecule has 1 N–H and O–H groups in total. The highest BCUT2D eigenvalue weighted by Gasteiger charge is 2.14. The molecule has 0 saturated carbocycles. The van der Waals surface area contributed by atoms with Crippen LogP contribution < -0.4 is 0 Å². The van der Waals surface area contributed by atoms with E-state index in [2.05, 4.69) is 20.1 Å². The predicted molar refractivity (Wildman–Crippen MR) is 51.6 cm³/mol. The molecule has 0 saturated heterocycles. The summed E-state index contributed by atoms with van der Waals surface area (Å²) in [7, 11) is 0. The van der Waals surface area contributed by atoms with Crippen LogP contribution in [-0.2, 0) is 16.0 Å². The molecule has 0 fully saturated rings. The highest BCUT2D eigenvalue weighted by Crippen LogP contribution is 1.97. The maximum absolute atomic E-state index is 11.2. The van der Waals surface area contributed by atoms with Crippen LogP contribution in [0.25, 0.3) is 0 Å². The third-order valence-electron chi connectivity index (χ3n) is 1.61. The first-order chi connectivity index (χ1) is 7.27. The van der Waals surface area contributed by atoms with Crippen molar-refractivity contribution in [1.29, 1.82) is 0 Å². The van der Waals surface area contributed by atoms with Crippen molar-refractivity contribution in [2.45, 2.75) is 13.3 Å². The summed E-state index contributed by atoms with van der Waals surface area (Å²) in [6, 6.07) is 3.36. The number of nitrogens with zero attached hydrogens (tertiary/aromatic N) is 3. The molecule has 6 nitrogen and oxygen atoms in total. The van der Waals surface area contributed by atoms with E-state index in [9.17, 15) is 4.79 Å². The molecule has 0 aliphatic heterocycles. The van der Waals surface area contributed by atoms with Crippen LogP contribution >= 0.6 is 0 Å². The van der Waals surface area contributed by atoms with Gasteiger partial charge >= 0.3 is 5.97 Å². The maximum atomic E-state index is 11.2. The molecule has 0 aromatic carbocycles. The van der Waals surface area contributed by atoms with Crippen molar-refractivity contribution in [3.05, 3.63) is 24.0 Å². The Balaban J connectivity index is 2.67. The highest BCUT2D eigenvalue weighted by atomic mass is 16.5. The van der Waals surface area contributed by atoms with Crippen LogP contribution in [0.4, 0.5) is 0 Å². The van der Waals surface area contributed by atoms with Gasteiger partial charge in [0.1, 0.15) is 0 Å². The van der Waals surface area contributed by atoms with Crippen molar-refractivity contribution in [2.24, 2.45) is 5.16 Å². The lowest BCUT2D eigenvalue weighted by molar-refractivity contribution is -0.135. The van der Waals surface area contributed by atoms with Crippen LogP contribution in [0, 0.1) is 0 Å². The largest absolute Gasteiger partial charge is 0.461 e. The van der Waals surface area contributed by atoms with Crippen LogP contribution in [0.15, 0.2) is 23.5 Å². The first kappa shape index (κ1) is 11.1. The summed E-state index contributed by atoms with van der Waals surface area (Å²) >= 11 is 0. The van der Waals surface area contributed by atoms with Crippen molar-refractivity contribution in [3.63, 3.8) is 0 Å². The molecule has 0 radical (unpaired) electrons. The molecule has 0 aliphatic carbocycles. The number of hydrogen-bond donors (Lipinski definition) is 1. The second kappa shape index (κ2) is 5.69. The Morgan fingerprint density at radius 3 is 3.00 bits per heavy atom. The van der Waals surface area contributed by atoms with E-state index in [0.717, 1.165) is 0 Å². The molecule has 0 aliphatic rings. The Morgan fingerprint density at radius 1 is 1.67 bits per heavy atom. The molecule has 1 rings (SSSR count). The summed E-state index contributed by atoms with van der Waals surface area (Å²) in [6.07, 6.45) is 1.62. The summed E-state index contributed by atoms with van der Waals surface area (Å²) in [5, 5.41) is 18.9. The lowest BCUT2D eigenvalue weighted by Crippen LogP contribution is -2.20. The normalized spacial score (nSPS) is 11.1. The van der Waals surface area contributed by atoms with Gasteiger partial charge in [-0.15, -0.1) is 0 Å². The third kappa shape index (κ3) is 3.34. The van der Waals surface area contributed by atoms with Gasteiger partial charge in [0.25, 0.3) is 0 Å². The fraction of sp³-hybridized carbons (Fsp3) is 0.333. The van der Waals surface area contributed by atoms with Crippen molar-refractivity contribution in [3.8, 4) is 0 Å². The second-order valence-corrected chi connectivity index (χ2v) is 2.66. The fourth-order valence-corrected chi connectivity index (χ4v) is 0.962. The molecular formula is C9H11N3O3. The minimum atomic E-state index is -0.648. The van der Waals surface area contributed by atoms with E-state index < -0.39 is 5.97 Å². The molecule has 6 heteroatoms. The Morgan fingerprint density at radius 2 is 2.47 bits per heavy atom. The van der Waals surface area contributed by atoms with E-state index in [1.54, 1.807) is 19.1 Å². The predicted octanol–water partition coefficient (Wildman–Crippen LogP) is 0.412. The van der Waals surface area contributed by atoms with Crippen LogP contribution in [0.5, 0.6) is 0 Å². The molecular weight excluding hydrogens is 198 g/mol. The Kier molecular flexibility index (Phi) is 4.21. The van der Waals surface area contributed by atoms with Gasteiger partial charge in [-0.3, -0.25) is 0 Å². The molecule has 80 valence electrons. The lowest BCUT2D eigenvalue weighted by atomic mass is 10.2. The zero-order valence-electron chi connectivity index (χ0n) is 8.25. The zero-order chi connectivity index (χ0) is 11.1. The quantitative estimate of drug-likeness (QED) is 0.336. The smallest absolute Gasteiger partial charge is 0.356 e. The molecule has 0 spiro atoms. The summed E-state index contributed by atoms with van der Waals surface area (Å²) in [6.45, 7) is 1.91. The molecule has 1 heterocycles. The highest BCUT2D eigenvalue weighted by molar-refractivity contribution is 6.36. The lowest BCUT2D eigenvalue weighted by Gasteiger charge is -2.02. The van der Waals surface area contributed by atoms with Crippen LogP contribution in [0.2, 0.25) is 0 Å². The number of esters is 1. The van der Waals surface area contributed by atoms with E-state index in [1.807, 2.05) is 0 Å². The number of rotatable bonds is 4. The number of carbonyl (C=O) groups is 1. The van der Waals surface area contributed by atoms with Gasteiger partial charge in [-0.05, 0) is 19.1 Å². The van der Waals surface area contributed by atoms with E-state index in [1.165, 1.54) is 6.20 Å².